The summed E-state index contributed by atoms with van der Waals surface area (Å²) in [5.41, 5.74) is 30.7. The largest absolute Gasteiger partial charge is 0.309 e. The van der Waals surface area contributed by atoms with Gasteiger partial charge in [0.2, 0.25) is 0 Å². The molecular formula is C79H60N4. The van der Waals surface area contributed by atoms with E-state index in [1.807, 2.05) is 0 Å². The Kier molecular flexibility index (Phi) is 10.8. The van der Waals surface area contributed by atoms with Gasteiger partial charge in [-0.3, -0.25) is 0 Å². The summed E-state index contributed by atoms with van der Waals surface area (Å²) in [5, 5.41) is 10.1. The number of nitrogens with zero attached hydrogens (tertiary/aromatic N) is 4. The maximum absolute atomic E-state index is 2.47. The Labute approximate surface area is 483 Å². The first-order valence-electron chi connectivity index (χ1n) is 29.1. The van der Waals surface area contributed by atoms with Gasteiger partial charge in [0.05, 0.1) is 44.1 Å². The van der Waals surface area contributed by atoms with Crippen LogP contribution in [0, 0.1) is 48.5 Å². The number of fused-ring (bicyclic) bond motifs is 12. The second kappa shape index (κ2) is 18.4. The van der Waals surface area contributed by atoms with Gasteiger partial charge in [0, 0.05) is 65.8 Å². The van der Waals surface area contributed by atoms with E-state index in [0.29, 0.717) is 0 Å². The highest BCUT2D eigenvalue weighted by Crippen LogP contribution is 2.44. The number of hydrogen-bond donors (Lipinski definition) is 0. The van der Waals surface area contributed by atoms with Crippen molar-refractivity contribution in [1.82, 2.24) is 18.3 Å². The van der Waals surface area contributed by atoms with Crippen LogP contribution in [0.2, 0.25) is 0 Å². The van der Waals surface area contributed by atoms with Gasteiger partial charge in [-0.25, -0.2) is 0 Å². The molecule has 396 valence electrons. The molecule has 12 aromatic carbocycles. The second-order valence-electron chi connectivity index (χ2n) is 23.3. The summed E-state index contributed by atoms with van der Waals surface area (Å²) in [6.45, 7) is 15.8. The van der Waals surface area contributed by atoms with E-state index in [0.717, 1.165) is 11.4 Å². The van der Waals surface area contributed by atoms with Gasteiger partial charge in [-0.2, -0.15) is 0 Å². The molecule has 0 aliphatic carbocycles. The van der Waals surface area contributed by atoms with Gasteiger partial charge in [-0.05, 0) is 230 Å². The van der Waals surface area contributed by atoms with Crippen LogP contribution >= 0.6 is 0 Å². The fourth-order valence-corrected chi connectivity index (χ4v) is 14.3. The van der Waals surface area contributed by atoms with Crippen LogP contribution in [0.15, 0.2) is 237 Å². The van der Waals surface area contributed by atoms with E-state index in [9.17, 15) is 0 Å². The van der Waals surface area contributed by atoms with Crippen molar-refractivity contribution in [1.29, 1.82) is 0 Å². The Balaban J connectivity index is 0.750. The lowest BCUT2D eigenvalue weighted by Crippen LogP contribution is -1.98. The first-order valence-corrected chi connectivity index (χ1v) is 29.1. The van der Waals surface area contributed by atoms with Crippen LogP contribution in [-0.4, -0.2) is 18.3 Å². The van der Waals surface area contributed by atoms with Crippen molar-refractivity contribution in [2.75, 3.05) is 0 Å². The third kappa shape index (κ3) is 7.38. The molecule has 0 aliphatic rings. The minimum absolute atomic E-state index is 1.16. The van der Waals surface area contributed by atoms with Crippen LogP contribution < -0.4 is 0 Å². The average molecular weight is 1070 g/mol. The Morgan fingerprint density at radius 3 is 0.747 bits per heavy atom. The SMILES string of the molecule is Cc1ccc2c3ccccc3n(-c3ccc(-c4ccc(-n5c6ccccc6c6cc(-c7cc8c9ccccc9n(-c9ccc(-c%10ccc(-n%11c%12ccccc%12c%12ccccc%12%11)cc%10C)c(C)c9)c8cc7C)c(C)cc65)cc4C)c(C)c3)c2c1. The molecule has 0 bridgehead atoms. The molecule has 83 heavy (non-hydrogen) atoms. The fourth-order valence-electron chi connectivity index (χ4n) is 14.3. The number of rotatable bonds is 7. The lowest BCUT2D eigenvalue weighted by Gasteiger charge is -2.17. The van der Waals surface area contributed by atoms with E-state index in [4.69, 9.17) is 0 Å². The van der Waals surface area contributed by atoms with Crippen LogP contribution in [0.25, 0.3) is 143 Å². The molecule has 0 saturated heterocycles. The summed E-state index contributed by atoms with van der Waals surface area (Å²) in [6.07, 6.45) is 0. The van der Waals surface area contributed by atoms with Crippen molar-refractivity contribution in [3.05, 3.63) is 276 Å². The lowest BCUT2D eigenvalue weighted by atomic mass is 9.93. The predicted molar refractivity (Wildman–Crippen MR) is 353 cm³/mol. The second-order valence-corrected chi connectivity index (χ2v) is 23.3. The van der Waals surface area contributed by atoms with Gasteiger partial charge in [0.1, 0.15) is 0 Å². The first kappa shape index (κ1) is 48.7. The Hall–Kier alpha value is -10.2. The summed E-state index contributed by atoms with van der Waals surface area (Å²) in [4.78, 5) is 0. The third-order valence-corrected chi connectivity index (χ3v) is 18.2. The Morgan fingerprint density at radius 1 is 0.181 bits per heavy atom. The third-order valence-electron chi connectivity index (χ3n) is 18.2. The van der Waals surface area contributed by atoms with Crippen LogP contribution in [-0.2, 0) is 0 Å². The van der Waals surface area contributed by atoms with Crippen molar-refractivity contribution in [3.8, 4) is 56.1 Å². The summed E-state index contributed by atoms with van der Waals surface area (Å²) < 4.78 is 9.77. The molecule has 0 saturated carbocycles. The Bertz CT molecular complexity index is 5360. The summed E-state index contributed by atoms with van der Waals surface area (Å²) >= 11 is 0. The molecule has 0 amide bonds. The molecule has 16 rings (SSSR count). The van der Waals surface area contributed by atoms with Crippen molar-refractivity contribution in [3.63, 3.8) is 0 Å². The zero-order valence-corrected chi connectivity index (χ0v) is 47.8. The zero-order chi connectivity index (χ0) is 55.9. The molecule has 0 spiro atoms. The number of aromatic nitrogens is 4. The molecule has 16 aromatic rings. The van der Waals surface area contributed by atoms with Crippen molar-refractivity contribution >= 4 is 87.2 Å². The maximum Gasteiger partial charge on any atom is 0.0544 e. The maximum atomic E-state index is 2.47. The normalized spacial score (nSPS) is 12.0. The minimum Gasteiger partial charge on any atom is -0.309 e. The van der Waals surface area contributed by atoms with Gasteiger partial charge >= 0.3 is 0 Å². The number of hydrogen-bond acceptors (Lipinski definition) is 0. The molecule has 4 heteroatoms. The zero-order valence-electron chi connectivity index (χ0n) is 47.8. The van der Waals surface area contributed by atoms with Gasteiger partial charge in [0.15, 0.2) is 0 Å². The van der Waals surface area contributed by atoms with E-state index < -0.39 is 0 Å². The van der Waals surface area contributed by atoms with E-state index in [1.54, 1.807) is 0 Å². The van der Waals surface area contributed by atoms with E-state index >= 15 is 0 Å². The number of benzene rings is 12. The number of aryl methyl sites for hydroxylation is 7. The molecule has 0 aliphatic heterocycles. The predicted octanol–water partition coefficient (Wildman–Crippen LogP) is 21.2. The van der Waals surface area contributed by atoms with Crippen LogP contribution in [0.1, 0.15) is 38.9 Å². The van der Waals surface area contributed by atoms with Crippen LogP contribution in [0.3, 0.4) is 0 Å². The van der Waals surface area contributed by atoms with Gasteiger partial charge in [-0.15, -0.1) is 0 Å². The van der Waals surface area contributed by atoms with Crippen LogP contribution in [0.4, 0.5) is 0 Å². The standard InChI is InChI=1S/C79H60N4/c1-47-28-33-67-64-20-10-15-25-74(64)81(77(67)38-47)55-30-35-59(49(3)40-55)61-37-32-57(42-51(61)5)83-76-27-17-12-22-66(76)71-46-69(53(7)44-79(71)83)68-45-70-65-21-11-16-26-75(65)82(78(70)43-52(68)6)56-31-36-60(50(4)41-56)58-34-29-54(39-48(58)2)80-72-23-13-8-18-62(72)63-19-9-14-24-73(63)80/h8-46H,1-7H3. The van der Waals surface area contributed by atoms with Gasteiger partial charge in [0.25, 0.3) is 0 Å². The number of para-hydroxylation sites is 5. The highest BCUT2D eigenvalue weighted by atomic mass is 15.0. The van der Waals surface area contributed by atoms with Crippen molar-refractivity contribution < 1.29 is 0 Å². The quantitative estimate of drug-likeness (QED) is 0.152. The minimum atomic E-state index is 1.16. The molecule has 0 N–H and O–H groups in total. The molecule has 4 nitrogen and oxygen atoms in total. The molecule has 0 fully saturated rings. The fraction of sp³-hybridized carbons (Fsp3) is 0.0886. The van der Waals surface area contributed by atoms with Gasteiger partial charge in [-0.1, -0.05) is 127 Å². The lowest BCUT2D eigenvalue weighted by molar-refractivity contribution is 1.16. The monoisotopic (exact) mass is 1060 g/mol. The molecule has 0 atom stereocenters. The highest BCUT2D eigenvalue weighted by molar-refractivity contribution is 6.14. The average Bonchev–Trinajstić information content (AvgIpc) is 4.22. The molecule has 4 heterocycles. The smallest absolute Gasteiger partial charge is 0.0544 e. The van der Waals surface area contributed by atoms with Crippen LogP contribution in [0.5, 0.6) is 0 Å². The van der Waals surface area contributed by atoms with E-state index in [-0.39, 0.29) is 0 Å². The highest BCUT2D eigenvalue weighted by Gasteiger charge is 2.22. The van der Waals surface area contributed by atoms with Gasteiger partial charge < -0.3 is 18.3 Å². The molecule has 4 aromatic heterocycles. The molecular weight excluding hydrogens is 1000 g/mol. The summed E-state index contributed by atoms with van der Waals surface area (Å²) in [5.74, 6) is 0. The van der Waals surface area contributed by atoms with Crippen molar-refractivity contribution in [2.24, 2.45) is 0 Å². The summed E-state index contributed by atoms with van der Waals surface area (Å²) in [7, 11) is 0. The first-order chi connectivity index (χ1) is 40.6. The van der Waals surface area contributed by atoms with E-state index in [1.165, 1.54) is 171 Å². The van der Waals surface area contributed by atoms with E-state index in [2.05, 4.69) is 303 Å². The van der Waals surface area contributed by atoms with Crippen molar-refractivity contribution in [2.45, 2.75) is 48.5 Å². The molecule has 0 unspecified atom stereocenters. The summed E-state index contributed by atoms with van der Waals surface area (Å²) in [6, 6.07) is 88.6. The topological polar surface area (TPSA) is 19.7 Å². The molecule has 0 radical (unpaired) electrons. The Morgan fingerprint density at radius 2 is 0.434 bits per heavy atom.